The van der Waals surface area contributed by atoms with Crippen molar-refractivity contribution in [1.82, 2.24) is 9.97 Å². The highest BCUT2D eigenvalue weighted by atomic mass is 16.1. The van der Waals surface area contributed by atoms with Crippen molar-refractivity contribution in [2.45, 2.75) is 19.8 Å². The van der Waals surface area contributed by atoms with Crippen molar-refractivity contribution in [3.63, 3.8) is 0 Å². The first-order valence-electron chi connectivity index (χ1n) is 7.38. The van der Waals surface area contributed by atoms with Crippen molar-refractivity contribution >= 4 is 28.8 Å². The van der Waals surface area contributed by atoms with Crippen LogP contribution in [0.5, 0.6) is 0 Å². The van der Waals surface area contributed by atoms with Gasteiger partial charge in [0.05, 0.1) is 0 Å². The van der Waals surface area contributed by atoms with Crippen LogP contribution in [0, 0.1) is 0 Å². The second-order valence-corrected chi connectivity index (χ2v) is 5.42. The third-order valence-electron chi connectivity index (χ3n) is 3.80. The summed E-state index contributed by atoms with van der Waals surface area (Å²) in [5.74, 6) is 1.37. The van der Waals surface area contributed by atoms with Gasteiger partial charge in [-0.25, -0.2) is 9.97 Å². The molecule has 6 heteroatoms. The van der Waals surface area contributed by atoms with Gasteiger partial charge in [0.1, 0.15) is 12.0 Å². The predicted molar refractivity (Wildman–Crippen MR) is 87.6 cm³/mol. The lowest BCUT2D eigenvalue weighted by atomic mass is 10.1. The number of hydrogen-bond acceptors (Lipinski definition) is 6. The molecular formula is C16H19N5O. The second-order valence-electron chi connectivity index (χ2n) is 5.42. The lowest BCUT2D eigenvalue weighted by Crippen LogP contribution is -2.21. The van der Waals surface area contributed by atoms with Crippen LogP contribution in [0.2, 0.25) is 0 Å². The Morgan fingerprint density at radius 2 is 2.05 bits per heavy atom. The van der Waals surface area contributed by atoms with E-state index in [1.165, 1.54) is 6.33 Å². The van der Waals surface area contributed by atoms with Crippen molar-refractivity contribution in [1.29, 1.82) is 0 Å². The number of carbonyl (C=O) groups is 1. The fourth-order valence-corrected chi connectivity index (χ4v) is 2.62. The Labute approximate surface area is 129 Å². The molecule has 3 rings (SSSR count). The molecule has 0 amide bonds. The fraction of sp³-hybridized carbons (Fsp3) is 0.312. The normalized spacial score (nSPS) is 14.1. The Hall–Kier alpha value is -2.63. The number of Topliss-reactive ketones (excluding diaryl/α,β-unsaturated/α-hetero) is 1. The Bertz CT molecular complexity index is 695. The Morgan fingerprint density at radius 3 is 2.77 bits per heavy atom. The average Bonchev–Trinajstić information content (AvgIpc) is 3.04. The van der Waals surface area contributed by atoms with Crippen LogP contribution < -0.4 is 16.0 Å². The number of ketones is 1. The third kappa shape index (κ3) is 2.86. The van der Waals surface area contributed by atoms with E-state index >= 15 is 0 Å². The molecule has 0 aliphatic carbocycles. The topological polar surface area (TPSA) is 84.1 Å². The zero-order chi connectivity index (χ0) is 15.5. The monoisotopic (exact) mass is 297 g/mol. The molecule has 22 heavy (non-hydrogen) atoms. The molecule has 1 aliphatic rings. The van der Waals surface area contributed by atoms with E-state index in [0.29, 0.717) is 17.1 Å². The minimum atomic E-state index is 0.0251. The number of nitrogens with one attached hydrogen (secondary N) is 1. The molecule has 1 saturated heterocycles. The molecule has 1 fully saturated rings. The summed E-state index contributed by atoms with van der Waals surface area (Å²) in [6.07, 6.45) is 3.83. The Morgan fingerprint density at radius 1 is 1.27 bits per heavy atom. The van der Waals surface area contributed by atoms with Gasteiger partial charge in [0, 0.05) is 24.3 Å². The zero-order valence-corrected chi connectivity index (χ0v) is 12.5. The van der Waals surface area contributed by atoms with Gasteiger partial charge in [-0.2, -0.15) is 0 Å². The van der Waals surface area contributed by atoms with E-state index in [2.05, 4.69) is 20.2 Å². The predicted octanol–water partition coefficient (Wildman–Crippen LogP) is 2.61. The molecule has 0 radical (unpaired) electrons. The van der Waals surface area contributed by atoms with Crippen LogP contribution in [0.3, 0.4) is 0 Å². The molecule has 1 aromatic carbocycles. The Balaban J connectivity index is 1.87. The second kappa shape index (κ2) is 6.01. The van der Waals surface area contributed by atoms with Gasteiger partial charge in [-0.1, -0.05) is 12.1 Å². The van der Waals surface area contributed by atoms with Crippen molar-refractivity contribution < 1.29 is 4.79 Å². The van der Waals surface area contributed by atoms with Gasteiger partial charge in [0.15, 0.2) is 17.4 Å². The first kappa shape index (κ1) is 14.3. The molecule has 3 N–H and O–H groups in total. The number of anilines is 4. The average molecular weight is 297 g/mol. The summed E-state index contributed by atoms with van der Waals surface area (Å²) in [7, 11) is 0. The number of aromatic nitrogens is 2. The van der Waals surface area contributed by atoms with E-state index in [0.717, 1.165) is 37.4 Å². The van der Waals surface area contributed by atoms with E-state index in [4.69, 9.17) is 5.73 Å². The smallest absolute Gasteiger partial charge is 0.159 e. The minimum absolute atomic E-state index is 0.0251. The van der Waals surface area contributed by atoms with Crippen LogP contribution in [-0.4, -0.2) is 28.8 Å². The molecule has 114 valence electrons. The summed E-state index contributed by atoms with van der Waals surface area (Å²) in [5, 5.41) is 3.18. The van der Waals surface area contributed by atoms with Gasteiger partial charge in [-0.3, -0.25) is 4.79 Å². The van der Waals surface area contributed by atoms with E-state index < -0.39 is 0 Å². The van der Waals surface area contributed by atoms with Gasteiger partial charge >= 0.3 is 0 Å². The van der Waals surface area contributed by atoms with Crippen molar-refractivity contribution in [2.75, 3.05) is 29.0 Å². The minimum Gasteiger partial charge on any atom is -0.393 e. The molecule has 0 spiro atoms. The molecule has 2 heterocycles. The van der Waals surface area contributed by atoms with Crippen LogP contribution in [-0.2, 0) is 0 Å². The third-order valence-corrected chi connectivity index (χ3v) is 3.80. The van der Waals surface area contributed by atoms with E-state index in [-0.39, 0.29) is 5.78 Å². The number of benzene rings is 1. The first-order chi connectivity index (χ1) is 10.6. The van der Waals surface area contributed by atoms with Crippen molar-refractivity contribution in [3.05, 3.63) is 36.2 Å². The number of hydrogen-bond donors (Lipinski definition) is 2. The molecule has 1 aromatic heterocycles. The fourth-order valence-electron chi connectivity index (χ4n) is 2.62. The van der Waals surface area contributed by atoms with Crippen LogP contribution >= 0.6 is 0 Å². The van der Waals surface area contributed by atoms with Crippen LogP contribution in [0.4, 0.5) is 23.0 Å². The maximum Gasteiger partial charge on any atom is 0.159 e. The quantitative estimate of drug-likeness (QED) is 0.844. The van der Waals surface area contributed by atoms with E-state index in [1.54, 1.807) is 19.1 Å². The largest absolute Gasteiger partial charge is 0.393 e. The summed E-state index contributed by atoms with van der Waals surface area (Å²) in [5.41, 5.74) is 8.19. The molecule has 1 aliphatic heterocycles. The van der Waals surface area contributed by atoms with E-state index in [1.807, 2.05) is 12.1 Å². The Kier molecular flexibility index (Phi) is 3.91. The summed E-state index contributed by atoms with van der Waals surface area (Å²) >= 11 is 0. The number of nitrogens with two attached hydrogens (primary N) is 1. The van der Waals surface area contributed by atoms with Crippen molar-refractivity contribution in [3.8, 4) is 0 Å². The van der Waals surface area contributed by atoms with Gasteiger partial charge in [0.25, 0.3) is 0 Å². The number of nitrogen functional groups attached to an aromatic ring is 1. The van der Waals surface area contributed by atoms with Crippen LogP contribution in [0.15, 0.2) is 30.6 Å². The summed E-state index contributed by atoms with van der Waals surface area (Å²) in [6.45, 7) is 3.49. The summed E-state index contributed by atoms with van der Waals surface area (Å²) in [6, 6.07) is 7.28. The van der Waals surface area contributed by atoms with E-state index in [9.17, 15) is 4.79 Å². The van der Waals surface area contributed by atoms with Crippen LogP contribution in [0.25, 0.3) is 0 Å². The van der Waals surface area contributed by atoms with Gasteiger partial charge in [-0.15, -0.1) is 0 Å². The number of carbonyl (C=O) groups excluding carboxylic acids is 1. The van der Waals surface area contributed by atoms with Gasteiger partial charge in [0.2, 0.25) is 0 Å². The molecule has 0 unspecified atom stereocenters. The SMILES string of the molecule is CC(=O)c1cccc(Nc2ncnc(N3CCCC3)c2N)c1. The standard InChI is InChI=1S/C16H19N5O/c1-11(22)12-5-4-6-13(9-12)20-15-14(17)16(19-10-18-15)21-7-2-3-8-21/h4-6,9-10H,2-3,7-8,17H2,1H3,(H,18,19,20). The zero-order valence-electron chi connectivity index (χ0n) is 12.5. The highest BCUT2D eigenvalue weighted by Crippen LogP contribution is 2.30. The molecule has 2 aromatic rings. The molecule has 0 bridgehead atoms. The maximum absolute atomic E-state index is 11.5. The van der Waals surface area contributed by atoms with Crippen molar-refractivity contribution in [2.24, 2.45) is 0 Å². The first-order valence-corrected chi connectivity index (χ1v) is 7.38. The molecule has 0 saturated carbocycles. The summed E-state index contributed by atoms with van der Waals surface area (Å²) < 4.78 is 0. The maximum atomic E-state index is 11.5. The lowest BCUT2D eigenvalue weighted by Gasteiger charge is -2.19. The number of rotatable bonds is 4. The van der Waals surface area contributed by atoms with Crippen LogP contribution in [0.1, 0.15) is 30.1 Å². The molecule has 0 atom stereocenters. The van der Waals surface area contributed by atoms with Gasteiger partial charge in [-0.05, 0) is 31.9 Å². The molecular weight excluding hydrogens is 278 g/mol. The summed E-state index contributed by atoms with van der Waals surface area (Å²) in [4.78, 5) is 22.2. The number of nitrogens with zero attached hydrogens (tertiary/aromatic N) is 3. The highest BCUT2D eigenvalue weighted by molar-refractivity contribution is 5.95. The highest BCUT2D eigenvalue weighted by Gasteiger charge is 2.18. The lowest BCUT2D eigenvalue weighted by molar-refractivity contribution is 0.101. The molecule has 6 nitrogen and oxygen atoms in total. The van der Waals surface area contributed by atoms with Gasteiger partial charge < -0.3 is 16.0 Å².